The number of nitrogens with one attached hydrogen (secondary N) is 2. The Kier molecular flexibility index (Phi) is 6.15. The molecule has 1 atom stereocenters. The molecule has 1 aromatic heterocycles. The van der Waals surface area contributed by atoms with Crippen molar-refractivity contribution >= 4 is 17.6 Å². The molecule has 2 aliphatic rings. The van der Waals surface area contributed by atoms with Crippen LogP contribution in [0.25, 0.3) is 22.5 Å². The van der Waals surface area contributed by atoms with Crippen molar-refractivity contribution in [3.05, 3.63) is 59.0 Å². The molecule has 0 radical (unpaired) electrons. The highest BCUT2D eigenvalue weighted by Gasteiger charge is 2.36. The third-order valence-electron chi connectivity index (χ3n) is 6.72. The lowest BCUT2D eigenvalue weighted by atomic mass is 10.0. The van der Waals surface area contributed by atoms with Crippen LogP contribution in [0.1, 0.15) is 19.3 Å². The first-order valence-electron chi connectivity index (χ1n) is 12.0. The Labute approximate surface area is 203 Å². The maximum atomic E-state index is 12.5. The van der Waals surface area contributed by atoms with Crippen LogP contribution in [0, 0.1) is 11.8 Å². The molecule has 9 heteroatoms. The Balaban J connectivity index is 1.30. The van der Waals surface area contributed by atoms with Gasteiger partial charge < -0.3 is 15.1 Å². The van der Waals surface area contributed by atoms with Gasteiger partial charge in [0, 0.05) is 50.9 Å². The number of nitrogens with zero attached hydrogens (tertiary/aromatic N) is 4. The Hall–Kier alpha value is -3.88. The number of anilines is 1. The first-order valence-corrected chi connectivity index (χ1v) is 12.0. The van der Waals surface area contributed by atoms with Crippen LogP contribution < -0.4 is 11.0 Å². The number of amides is 3. The summed E-state index contributed by atoms with van der Waals surface area (Å²) in [6.07, 6.45) is 2.92. The fraction of sp³-hybridized carbons (Fsp3) is 0.385. The molecule has 9 nitrogen and oxygen atoms in total. The van der Waals surface area contributed by atoms with E-state index in [1.807, 2.05) is 53.4 Å². The predicted octanol–water partition coefficient (Wildman–Crippen LogP) is 3.26. The van der Waals surface area contributed by atoms with E-state index in [0.717, 1.165) is 48.2 Å². The number of benzene rings is 2. The lowest BCUT2D eigenvalue weighted by Gasteiger charge is -2.16. The minimum absolute atomic E-state index is 0.184. The normalized spacial score (nSPS) is 17.4. The highest BCUT2D eigenvalue weighted by atomic mass is 16.2. The lowest BCUT2D eigenvalue weighted by molar-refractivity contribution is -0.131. The summed E-state index contributed by atoms with van der Waals surface area (Å²) in [6.45, 7) is 2.01. The van der Waals surface area contributed by atoms with Gasteiger partial charge in [-0.1, -0.05) is 36.4 Å². The molecule has 3 amide bonds. The molecule has 1 aliphatic heterocycles. The highest BCUT2D eigenvalue weighted by Crippen LogP contribution is 2.33. The third kappa shape index (κ3) is 4.99. The number of hydrogen-bond donors (Lipinski definition) is 2. The van der Waals surface area contributed by atoms with Gasteiger partial charge in [-0.25, -0.2) is 14.7 Å². The van der Waals surface area contributed by atoms with Crippen LogP contribution in [0.5, 0.6) is 0 Å². The molecule has 0 unspecified atom stereocenters. The summed E-state index contributed by atoms with van der Waals surface area (Å²) in [4.78, 5) is 40.3. The number of carbonyl (C=O) groups excluding carboxylic acids is 2. The van der Waals surface area contributed by atoms with Crippen LogP contribution in [0.3, 0.4) is 0 Å². The van der Waals surface area contributed by atoms with Gasteiger partial charge in [0.05, 0.1) is 0 Å². The first kappa shape index (κ1) is 22.9. The zero-order valence-corrected chi connectivity index (χ0v) is 20.0. The largest absolute Gasteiger partial charge is 0.343 e. The van der Waals surface area contributed by atoms with Crippen LogP contribution in [0.4, 0.5) is 10.5 Å². The van der Waals surface area contributed by atoms with Crippen LogP contribution >= 0.6 is 0 Å². The van der Waals surface area contributed by atoms with E-state index in [0.29, 0.717) is 18.9 Å². The van der Waals surface area contributed by atoms with Crippen LogP contribution in [-0.4, -0.2) is 63.7 Å². The van der Waals surface area contributed by atoms with Crippen LogP contribution in [0.2, 0.25) is 0 Å². The molecule has 2 fully saturated rings. The van der Waals surface area contributed by atoms with Crippen molar-refractivity contribution in [2.75, 3.05) is 32.5 Å². The second kappa shape index (κ2) is 9.40. The molecule has 0 spiro atoms. The van der Waals surface area contributed by atoms with Gasteiger partial charge in [0.15, 0.2) is 5.82 Å². The number of H-pyrrole nitrogens is 1. The fourth-order valence-electron chi connectivity index (χ4n) is 4.56. The number of likely N-dealkylation sites (tertiary alicyclic amines) is 1. The standard InChI is InChI=1S/C26H30N6O3/c1-30(2)25(34)27-22-5-3-4-21(14-22)18-6-8-19(9-7-18)23-28-29-26(35)32(23)16-17-12-13-31(15-17)24(33)20-10-11-20/h3-9,14,17,20H,10-13,15-16H2,1-2H3,(H,27,34)(H,29,35)/t17-/m1/s1. The van der Waals surface area contributed by atoms with Gasteiger partial charge >= 0.3 is 11.7 Å². The summed E-state index contributed by atoms with van der Waals surface area (Å²) >= 11 is 0. The van der Waals surface area contributed by atoms with Gasteiger partial charge in [-0.3, -0.25) is 9.36 Å². The quantitative estimate of drug-likeness (QED) is 0.572. The minimum atomic E-state index is -0.236. The molecule has 1 saturated carbocycles. The summed E-state index contributed by atoms with van der Waals surface area (Å²) in [7, 11) is 3.39. The van der Waals surface area contributed by atoms with Crippen molar-refractivity contribution in [2.24, 2.45) is 11.8 Å². The van der Waals surface area contributed by atoms with Gasteiger partial charge in [-0.15, -0.1) is 0 Å². The van der Waals surface area contributed by atoms with E-state index in [2.05, 4.69) is 15.5 Å². The smallest absolute Gasteiger partial charge is 0.342 e. The molecule has 0 bridgehead atoms. The molecular formula is C26H30N6O3. The van der Waals surface area contributed by atoms with Crippen molar-refractivity contribution in [1.82, 2.24) is 24.6 Å². The van der Waals surface area contributed by atoms with E-state index >= 15 is 0 Å². The summed E-state index contributed by atoms with van der Waals surface area (Å²) in [5.74, 6) is 1.34. The summed E-state index contributed by atoms with van der Waals surface area (Å²) < 4.78 is 1.68. The molecule has 5 rings (SSSR count). The first-order chi connectivity index (χ1) is 16.9. The van der Waals surface area contributed by atoms with E-state index in [-0.39, 0.29) is 29.5 Å². The monoisotopic (exact) mass is 474 g/mol. The van der Waals surface area contributed by atoms with E-state index in [9.17, 15) is 14.4 Å². The molecule has 2 N–H and O–H groups in total. The van der Waals surface area contributed by atoms with Crippen molar-refractivity contribution in [2.45, 2.75) is 25.8 Å². The molecular weight excluding hydrogens is 444 g/mol. The van der Waals surface area contributed by atoms with Crippen LogP contribution in [-0.2, 0) is 11.3 Å². The zero-order chi connectivity index (χ0) is 24.5. The Morgan fingerprint density at radius 3 is 2.51 bits per heavy atom. The highest BCUT2D eigenvalue weighted by molar-refractivity contribution is 5.89. The van der Waals surface area contributed by atoms with Gasteiger partial charge in [-0.05, 0) is 48.4 Å². The van der Waals surface area contributed by atoms with Crippen LogP contribution in [0.15, 0.2) is 53.3 Å². The Bertz CT molecular complexity index is 1290. The number of urea groups is 1. The lowest BCUT2D eigenvalue weighted by Crippen LogP contribution is -2.31. The average molecular weight is 475 g/mol. The minimum Gasteiger partial charge on any atom is -0.342 e. The van der Waals surface area contributed by atoms with E-state index in [1.165, 1.54) is 4.90 Å². The number of hydrogen-bond acceptors (Lipinski definition) is 4. The second-order valence-corrected chi connectivity index (χ2v) is 9.66. The second-order valence-electron chi connectivity index (χ2n) is 9.66. The van der Waals surface area contributed by atoms with Crippen molar-refractivity contribution in [1.29, 1.82) is 0 Å². The molecule has 2 aromatic carbocycles. The molecule has 2 heterocycles. The summed E-state index contributed by atoms with van der Waals surface area (Å²) in [5, 5.41) is 9.73. The molecule has 3 aromatic rings. The Morgan fingerprint density at radius 2 is 1.80 bits per heavy atom. The van der Waals surface area contributed by atoms with Crippen molar-refractivity contribution in [3.63, 3.8) is 0 Å². The average Bonchev–Trinajstić information content (AvgIpc) is 3.51. The van der Waals surface area contributed by atoms with Crippen molar-refractivity contribution < 1.29 is 9.59 Å². The maximum Gasteiger partial charge on any atom is 0.343 e. The summed E-state index contributed by atoms with van der Waals surface area (Å²) in [6, 6.07) is 15.3. The van der Waals surface area contributed by atoms with Gasteiger partial charge in [-0.2, -0.15) is 5.10 Å². The van der Waals surface area contributed by atoms with Crippen molar-refractivity contribution in [3.8, 4) is 22.5 Å². The third-order valence-corrected chi connectivity index (χ3v) is 6.72. The summed E-state index contributed by atoms with van der Waals surface area (Å²) in [5.41, 5.74) is 3.29. The molecule has 1 saturated heterocycles. The zero-order valence-electron chi connectivity index (χ0n) is 20.0. The van der Waals surface area contributed by atoms with E-state index in [1.54, 1.807) is 18.7 Å². The fourth-order valence-corrected chi connectivity index (χ4v) is 4.56. The molecule has 1 aliphatic carbocycles. The predicted molar refractivity (Wildman–Crippen MR) is 134 cm³/mol. The Morgan fingerprint density at radius 1 is 1.06 bits per heavy atom. The number of carbonyl (C=O) groups is 2. The van der Waals surface area contributed by atoms with Gasteiger partial charge in [0.25, 0.3) is 0 Å². The number of rotatable bonds is 6. The van der Waals surface area contributed by atoms with Gasteiger partial charge in [0.1, 0.15) is 0 Å². The number of aromatic amines is 1. The van der Waals surface area contributed by atoms with E-state index in [4.69, 9.17) is 0 Å². The topological polar surface area (TPSA) is 103 Å². The number of aromatic nitrogens is 3. The molecule has 182 valence electrons. The molecule has 35 heavy (non-hydrogen) atoms. The van der Waals surface area contributed by atoms with Gasteiger partial charge in [0.2, 0.25) is 5.91 Å². The van der Waals surface area contributed by atoms with E-state index < -0.39 is 0 Å². The SMILES string of the molecule is CN(C)C(=O)Nc1cccc(-c2ccc(-c3n[nH]c(=O)n3C[C@@H]3CCN(C(=O)C4CC4)C3)cc2)c1. The maximum absolute atomic E-state index is 12.5.